The topological polar surface area (TPSA) is 95.3 Å². The van der Waals surface area contributed by atoms with Crippen LogP contribution in [0.2, 0.25) is 0 Å². The quantitative estimate of drug-likeness (QED) is 0.449. The summed E-state index contributed by atoms with van der Waals surface area (Å²) in [5.41, 5.74) is 2.65. The molecule has 2 aromatic heterocycles. The van der Waals surface area contributed by atoms with Crippen LogP contribution in [-0.4, -0.2) is 39.2 Å². The number of amides is 1. The van der Waals surface area contributed by atoms with Crippen LogP contribution < -0.4 is 14.8 Å². The molecule has 1 aliphatic rings. The van der Waals surface area contributed by atoms with E-state index in [0.29, 0.717) is 39.8 Å². The predicted octanol–water partition coefficient (Wildman–Crippen LogP) is 5.04. The van der Waals surface area contributed by atoms with E-state index in [4.69, 9.17) is 14.5 Å². The molecule has 0 aliphatic carbocycles. The SMILES string of the molecule is COc1cccc2c(C)cc(-n3nc(C)cc3NC(=O)c3ccc4c(c3)C(=O)CC(C)(C)O4)nc12. The van der Waals surface area contributed by atoms with E-state index in [2.05, 4.69) is 10.4 Å². The molecule has 0 unspecified atom stereocenters. The molecule has 0 bridgehead atoms. The number of ether oxygens (including phenoxy) is 2. The van der Waals surface area contributed by atoms with E-state index in [1.165, 1.54) is 0 Å². The number of ketones is 1. The maximum absolute atomic E-state index is 13.2. The Morgan fingerprint density at radius 2 is 1.94 bits per heavy atom. The Morgan fingerprint density at radius 3 is 2.71 bits per heavy atom. The monoisotopic (exact) mass is 470 g/mol. The van der Waals surface area contributed by atoms with E-state index < -0.39 is 5.60 Å². The van der Waals surface area contributed by atoms with Gasteiger partial charge < -0.3 is 14.8 Å². The number of Topliss-reactive ketones (excluding diaryl/α,β-unsaturated/α-hetero) is 1. The number of anilines is 1. The molecule has 0 atom stereocenters. The summed E-state index contributed by atoms with van der Waals surface area (Å²) in [6.45, 7) is 7.58. The maximum Gasteiger partial charge on any atom is 0.256 e. The van der Waals surface area contributed by atoms with Gasteiger partial charge in [-0.2, -0.15) is 9.78 Å². The lowest BCUT2D eigenvalue weighted by molar-refractivity contribution is 0.0620. The van der Waals surface area contributed by atoms with Gasteiger partial charge in [0, 0.05) is 17.0 Å². The lowest BCUT2D eigenvalue weighted by Gasteiger charge is -2.31. The van der Waals surface area contributed by atoms with Crippen LogP contribution in [0.4, 0.5) is 5.82 Å². The van der Waals surface area contributed by atoms with Crippen LogP contribution in [0.15, 0.2) is 48.5 Å². The molecule has 1 aliphatic heterocycles. The van der Waals surface area contributed by atoms with E-state index in [1.807, 2.05) is 52.0 Å². The van der Waals surface area contributed by atoms with Crippen LogP contribution in [0.5, 0.6) is 11.5 Å². The Hall–Kier alpha value is -4.20. The average molecular weight is 471 g/mol. The van der Waals surface area contributed by atoms with Crippen molar-refractivity contribution < 1.29 is 19.1 Å². The lowest BCUT2D eigenvalue weighted by atomic mass is 9.92. The third-order valence-electron chi connectivity index (χ3n) is 6.02. The summed E-state index contributed by atoms with van der Waals surface area (Å²) < 4.78 is 13.0. The maximum atomic E-state index is 13.2. The van der Waals surface area contributed by atoms with Crippen molar-refractivity contribution in [2.45, 2.75) is 39.7 Å². The van der Waals surface area contributed by atoms with E-state index in [1.54, 1.807) is 36.1 Å². The van der Waals surface area contributed by atoms with Gasteiger partial charge in [0.15, 0.2) is 11.6 Å². The average Bonchev–Trinajstić information content (AvgIpc) is 3.17. The zero-order valence-corrected chi connectivity index (χ0v) is 20.3. The van der Waals surface area contributed by atoms with Gasteiger partial charge in [-0.25, -0.2) is 4.98 Å². The molecule has 4 aromatic rings. The van der Waals surface area contributed by atoms with Crippen molar-refractivity contribution in [1.82, 2.24) is 14.8 Å². The molecule has 1 N–H and O–H groups in total. The molecule has 178 valence electrons. The fourth-order valence-electron chi connectivity index (χ4n) is 4.39. The molecule has 0 saturated carbocycles. The Kier molecular flexibility index (Phi) is 5.31. The minimum Gasteiger partial charge on any atom is -0.494 e. The van der Waals surface area contributed by atoms with Gasteiger partial charge in [-0.3, -0.25) is 9.59 Å². The summed E-state index contributed by atoms with van der Waals surface area (Å²) >= 11 is 0. The van der Waals surface area contributed by atoms with E-state index in [9.17, 15) is 9.59 Å². The summed E-state index contributed by atoms with van der Waals surface area (Å²) in [5.74, 6) is 1.77. The third-order valence-corrected chi connectivity index (χ3v) is 6.02. The highest BCUT2D eigenvalue weighted by molar-refractivity contribution is 6.07. The highest BCUT2D eigenvalue weighted by Gasteiger charge is 2.33. The van der Waals surface area contributed by atoms with Crippen molar-refractivity contribution in [3.8, 4) is 17.3 Å². The zero-order chi connectivity index (χ0) is 24.9. The minimum absolute atomic E-state index is 0.0448. The third kappa shape index (κ3) is 4.12. The first-order chi connectivity index (χ1) is 16.6. The molecule has 3 heterocycles. The Bertz CT molecular complexity index is 1500. The standard InChI is InChI=1S/C27H26N4O4/c1-15-11-23(28-25-18(15)7-6-8-22(25)34-5)31-24(12-16(2)30-31)29-26(33)17-9-10-21-19(13-17)20(32)14-27(3,4)35-21/h6-13H,14H2,1-5H3,(H,29,33). The summed E-state index contributed by atoms with van der Waals surface area (Å²) in [5, 5.41) is 8.45. The number of benzene rings is 2. The highest BCUT2D eigenvalue weighted by Crippen LogP contribution is 2.34. The van der Waals surface area contributed by atoms with Gasteiger partial charge >= 0.3 is 0 Å². The van der Waals surface area contributed by atoms with Crippen LogP contribution in [-0.2, 0) is 0 Å². The van der Waals surface area contributed by atoms with Crippen LogP contribution >= 0.6 is 0 Å². The number of pyridine rings is 1. The molecule has 0 radical (unpaired) electrons. The largest absolute Gasteiger partial charge is 0.494 e. The number of methoxy groups -OCH3 is 1. The number of aromatic nitrogens is 3. The van der Waals surface area contributed by atoms with Crippen LogP contribution in [0, 0.1) is 13.8 Å². The fraction of sp³-hybridized carbons (Fsp3) is 0.259. The molecule has 0 spiro atoms. The van der Waals surface area contributed by atoms with E-state index >= 15 is 0 Å². The molecular formula is C27H26N4O4. The number of aryl methyl sites for hydroxylation is 2. The van der Waals surface area contributed by atoms with E-state index in [-0.39, 0.29) is 18.1 Å². The first-order valence-electron chi connectivity index (χ1n) is 11.3. The Labute approximate surface area is 202 Å². The van der Waals surface area contributed by atoms with Crippen molar-refractivity contribution in [3.63, 3.8) is 0 Å². The van der Waals surface area contributed by atoms with E-state index in [0.717, 1.165) is 16.6 Å². The fourth-order valence-corrected chi connectivity index (χ4v) is 4.39. The normalized spacial score (nSPS) is 14.4. The number of nitrogens with zero attached hydrogens (tertiary/aromatic N) is 3. The van der Waals surface area contributed by atoms with Crippen molar-refractivity contribution in [3.05, 3.63) is 70.9 Å². The second-order valence-corrected chi connectivity index (χ2v) is 9.36. The predicted molar refractivity (Wildman–Crippen MR) is 133 cm³/mol. The first-order valence-corrected chi connectivity index (χ1v) is 11.3. The van der Waals surface area contributed by atoms with Crippen molar-refractivity contribution >= 4 is 28.4 Å². The van der Waals surface area contributed by atoms with Crippen LogP contribution in [0.1, 0.15) is 52.2 Å². The van der Waals surface area contributed by atoms with Crippen LogP contribution in [0.3, 0.4) is 0 Å². The molecule has 8 heteroatoms. The lowest BCUT2D eigenvalue weighted by Crippen LogP contribution is -2.36. The first kappa shape index (κ1) is 22.6. The Morgan fingerprint density at radius 1 is 1.14 bits per heavy atom. The smallest absolute Gasteiger partial charge is 0.256 e. The number of carbonyl (C=O) groups excluding carboxylic acids is 2. The zero-order valence-electron chi connectivity index (χ0n) is 20.3. The number of para-hydroxylation sites is 1. The summed E-state index contributed by atoms with van der Waals surface area (Å²) in [7, 11) is 1.61. The van der Waals surface area contributed by atoms with Crippen molar-refractivity contribution in [2.75, 3.05) is 12.4 Å². The number of carbonyl (C=O) groups is 2. The van der Waals surface area contributed by atoms with Gasteiger partial charge in [-0.1, -0.05) is 12.1 Å². The molecule has 5 rings (SSSR count). The summed E-state index contributed by atoms with van der Waals surface area (Å²) in [6, 6.07) is 14.4. The van der Waals surface area contributed by atoms with Gasteiger partial charge in [0.25, 0.3) is 5.91 Å². The summed E-state index contributed by atoms with van der Waals surface area (Å²) in [4.78, 5) is 30.6. The Balaban J connectivity index is 1.50. The number of hydrogen-bond acceptors (Lipinski definition) is 6. The molecule has 35 heavy (non-hydrogen) atoms. The van der Waals surface area contributed by atoms with Gasteiger partial charge in [0.2, 0.25) is 0 Å². The number of fused-ring (bicyclic) bond motifs is 2. The van der Waals surface area contributed by atoms with Crippen molar-refractivity contribution in [2.24, 2.45) is 0 Å². The van der Waals surface area contributed by atoms with Gasteiger partial charge in [-0.05, 0) is 63.6 Å². The molecule has 2 aromatic carbocycles. The number of hydrogen-bond donors (Lipinski definition) is 1. The minimum atomic E-state index is -0.564. The van der Waals surface area contributed by atoms with Crippen LogP contribution in [0.25, 0.3) is 16.7 Å². The second-order valence-electron chi connectivity index (χ2n) is 9.36. The number of nitrogens with one attached hydrogen (secondary N) is 1. The molecule has 0 fully saturated rings. The molecular weight excluding hydrogens is 444 g/mol. The van der Waals surface area contributed by atoms with Crippen molar-refractivity contribution in [1.29, 1.82) is 0 Å². The molecule has 1 amide bonds. The van der Waals surface area contributed by atoms with Gasteiger partial charge in [0.1, 0.15) is 28.4 Å². The summed E-state index contributed by atoms with van der Waals surface area (Å²) in [6.07, 6.45) is 0.257. The molecule has 0 saturated heterocycles. The van der Waals surface area contributed by atoms with Gasteiger partial charge in [-0.15, -0.1) is 0 Å². The van der Waals surface area contributed by atoms with Gasteiger partial charge in [0.05, 0.1) is 24.8 Å². The number of rotatable bonds is 4. The molecule has 8 nitrogen and oxygen atoms in total. The highest BCUT2D eigenvalue weighted by atomic mass is 16.5. The second kappa shape index (κ2) is 8.23.